The summed E-state index contributed by atoms with van der Waals surface area (Å²) in [4.78, 5) is 16.9. The molecule has 0 saturated carbocycles. The third kappa shape index (κ3) is 5.67. The topological polar surface area (TPSA) is 112 Å². The van der Waals surface area contributed by atoms with E-state index in [2.05, 4.69) is 21.1 Å². The largest absolute Gasteiger partial charge is 0.298 e. The van der Waals surface area contributed by atoms with E-state index >= 15 is 0 Å². The molecule has 30 heavy (non-hydrogen) atoms. The van der Waals surface area contributed by atoms with Crippen molar-refractivity contribution >= 4 is 44.2 Å². The highest BCUT2D eigenvalue weighted by molar-refractivity contribution is 8.01. The highest BCUT2D eigenvalue weighted by Crippen LogP contribution is 2.32. The number of sulfonamides is 1. The minimum atomic E-state index is -3.78. The molecule has 1 aromatic heterocycles. The Labute approximate surface area is 183 Å². The van der Waals surface area contributed by atoms with Crippen LogP contribution in [0.3, 0.4) is 0 Å². The summed E-state index contributed by atoms with van der Waals surface area (Å²) in [7, 11) is -3.78. The summed E-state index contributed by atoms with van der Waals surface area (Å²) in [6.45, 7) is 1.96. The van der Waals surface area contributed by atoms with E-state index in [1.165, 1.54) is 47.4 Å². The van der Waals surface area contributed by atoms with E-state index in [4.69, 9.17) is 5.26 Å². The van der Waals surface area contributed by atoms with Gasteiger partial charge in [0.15, 0.2) is 5.13 Å². The Kier molecular flexibility index (Phi) is 7.23. The third-order valence-corrected chi connectivity index (χ3v) is 7.66. The second-order valence-electron chi connectivity index (χ2n) is 6.13. The smallest absolute Gasteiger partial charge is 0.257 e. The predicted molar refractivity (Wildman–Crippen MR) is 118 cm³/mol. The van der Waals surface area contributed by atoms with Crippen LogP contribution in [0.1, 0.15) is 21.6 Å². The van der Waals surface area contributed by atoms with Crippen LogP contribution in [0.15, 0.2) is 63.7 Å². The van der Waals surface area contributed by atoms with Gasteiger partial charge < -0.3 is 0 Å². The fourth-order valence-corrected chi connectivity index (χ4v) is 5.36. The number of amides is 1. The molecule has 10 heteroatoms. The normalized spacial score (nSPS) is 11.1. The molecule has 0 aliphatic rings. The Bertz CT molecular complexity index is 1190. The predicted octanol–water partition coefficient (Wildman–Crippen LogP) is 3.80. The summed E-state index contributed by atoms with van der Waals surface area (Å²) in [5.41, 5.74) is 1.77. The van der Waals surface area contributed by atoms with Gasteiger partial charge in [0.2, 0.25) is 10.0 Å². The maximum atomic E-state index is 12.6. The van der Waals surface area contributed by atoms with Gasteiger partial charge in [0.25, 0.3) is 5.91 Å². The first kappa shape index (κ1) is 22.0. The number of carbonyl (C=O) groups is 1. The summed E-state index contributed by atoms with van der Waals surface area (Å²) >= 11 is 2.63. The van der Waals surface area contributed by atoms with Gasteiger partial charge in [0, 0.05) is 12.1 Å². The Hall–Kier alpha value is -2.71. The van der Waals surface area contributed by atoms with Crippen molar-refractivity contribution in [1.82, 2.24) is 9.71 Å². The van der Waals surface area contributed by atoms with Crippen LogP contribution in [0.4, 0.5) is 5.13 Å². The minimum Gasteiger partial charge on any atom is -0.298 e. The number of aryl methyl sites for hydroxylation is 1. The van der Waals surface area contributed by atoms with Crippen LogP contribution in [0.25, 0.3) is 0 Å². The lowest BCUT2D eigenvalue weighted by atomic mass is 10.2. The average Bonchev–Trinajstić information content (AvgIpc) is 3.10. The van der Waals surface area contributed by atoms with Crippen LogP contribution < -0.4 is 10.0 Å². The van der Waals surface area contributed by atoms with Gasteiger partial charge in [-0.1, -0.05) is 59.5 Å². The van der Waals surface area contributed by atoms with Crippen LogP contribution in [0.5, 0.6) is 0 Å². The Morgan fingerprint density at radius 1 is 1.20 bits per heavy atom. The molecule has 1 heterocycles. The monoisotopic (exact) mass is 458 g/mol. The van der Waals surface area contributed by atoms with Crippen LogP contribution in [0, 0.1) is 18.3 Å². The van der Waals surface area contributed by atoms with Crippen molar-refractivity contribution < 1.29 is 13.2 Å². The highest BCUT2D eigenvalue weighted by Gasteiger charge is 2.17. The summed E-state index contributed by atoms with van der Waals surface area (Å²) < 4.78 is 28.6. The molecule has 0 spiro atoms. The number of nitrogens with one attached hydrogen (secondary N) is 2. The van der Waals surface area contributed by atoms with Crippen molar-refractivity contribution in [3.63, 3.8) is 0 Å². The van der Waals surface area contributed by atoms with E-state index < -0.39 is 15.9 Å². The van der Waals surface area contributed by atoms with Crippen LogP contribution in [-0.4, -0.2) is 25.1 Å². The lowest BCUT2D eigenvalue weighted by Crippen LogP contribution is -2.23. The summed E-state index contributed by atoms with van der Waals surface area (Å²) in [5.74, 6) is -0.160. The zero-order valence-electron chi connectivity index (χ0n) is 16.0. The molecule has 0 aliphatic carbocycles. The molecular weight excluding hydrogens is 440 g/mol. The number of carbonyl (C=O) groups excluding carboxylic acids is 1. The van der Waals surface area contributed by atoms with Crippen molar-refractivity contribution in [3.8, 4) is 6.07 Å². The molecule has 0 aliphatic heterocycles. The van der Waals surface area contributed by atoms with Gasteiger partial charge in [-0.05, 0) is 30.7 Å². The molecule has 0 bridgehead atoms. The molecule has 7 nitrogen and oxygen atoms in total. The van der Waals surface area contributed by atoms with Crippen molar-refractivity contribution in [3.05, 3.63) is 71.4 Å². The lowest BCUT2D eigenvalue weighted by molar-refractivity contribution is 0.102. The molecular formula is C20H18N4O3S3. The highest BCUT2D eigenvalue weighted by atomic mass is 32.2. The van der Waals surface area contributed by atoms with E-state index in [9.17, 15) is 13.2 Å². The fraction of sp³-hybridized carbons (Fsp3) is 0.150. The molecule has 1 amide bonds. The molecule has 0 fully saturated rings. The first-order valence-electron chi connectivity index (χ1n) is 8.81. The zero-order valence-corrected chi connectivity index (χ0v) is 18.4. The number of nitrogens with zero attached hydrogens (tertiary/aromatic N) is 2. The van der Waals surface area contributed by atoms with Gasteiger partial charge in [0.1, 0.15) is 0 Å². The van der Waals surface area contributed by atoms with Crippen molar-refractivity contribution in [2.45, 2.75) is 22.6 Å². The van der Waals surface area contributed by atoms with Gasteiger partial charge in [-0.15, -0.1) is 0 Å². The summed E-state index contributed by atoms with van der Waals surface area (Å²) in [6, 6.07) is 17.1. The van der Waals surface area contributed by atoms with E-state index in [0.29, 0.717) is 10.9 Å². The van der Waals surface area contributed by atoms with Crippen LogP contribution in [-0.2, 0) is 16.6 Å². The van der Waals surface area contributed by atoms with Crippen molar-refractivity contribution in [2.24, 2.45) is 0 Å². The van der Waals surface area contributed by atoms with E-state index in [0.717, 1.165) is 15.5 Å². The number of anilines is 1. The number of aromatic nitrogens is 1. The van der Waals surface area contributed by atoms with Crippen molar-refractivity contribution in [1.29, 1.82) is 5.26 Å². The second kappa shape index (κ2) is 9.86. The van der Waals surface area contributed by atoms with E-state index in [-0.39, 0.29) is 17.0 Å². The quantitative estimate of drug-likeness (QED) is 0.497. The molecule has 154 valence electrons. The molecule has 0 atom stereocenters. The molecule has 0 saturated heterocycles. The summed E-state index contributed by atoms with van der Waals surface area (Å²) in [5, 5.41) is 11.8. The first-order chi connectivity index (χ1) is 14.4. The zero-order chi connectivity index (χ0) is 21.6. The Balaban J connectivity index is 1.71. The van der Waals surface area contributed by atoms with Gasteiger partial charge in [-0.25, -0.2) is 18.1 Å². The third-order valence-electron chi connectivity index (χ3n) is 3.96. The Morgan fingerprint density at radius 3 is 2.70 bits per heavy atom. The molecule has 3 aromatic rings. The fourth-order valence-electron chi connectivity index (χ4n) is 2.50. The number of thiazole rings is 1. The standard InChI is InChI=1S/C20H18N4O3S3/c1-14-19(28-11-10-21)29-20(23-14)24-18(25)16-8-5-9-17(12-16)30(26,27)22-13-15-6-3-2-4-7-15/h2-9,12,22H,11,13H2,1H3,(H,23,24,25). The maximum absolute atomic E-state index is 12.6. The molecule has 2 N–H and O–H groups in total. The van der Waals surface area contributed by atoms with Gasteiger partial charge in [0.05, 0.1) is 26.6 Å². The first-order valence-corrected chi connectivity index (χ1v) is 12.1. The average molecular weight is 459 g/mol. The van der Waals surface area contributed by atoms with Gasteiger partial charge in [-0.2, -0.15) is 5.26 Å². The number of hydrogen-bond donors (Lipinski definition) is 2. The van der Waals surface area contributed by atoms with Gasteiger partial charge >= 0.3 is 0 Å². The number of benzene rings is 2. The van der Waals surface area contributed by atoms with E-state index in [1.54, 1.807) is 6.92 Å². The van der Waals surface area contributed by atoms with Crippen LogP contribution in [0.2, 0.25) is 0 Å². The number of thioether (sulfide) groups is 1. The molecule has 3 rings (SSSR count). The Morgan fingerprint density at radius 2 is 1.97 bits per heavy atom. The number of rotatable bonds is 8. The van der Waals surface area contributed by atoms with Gasteiger partial charge in [-0.3, -0.25) is 10.1 Å². The number of nitriles is 1. The van der Waals surface area contributed by atoms with Crippen LogP contribution >= 0.6 is 23.1 Å². The van der Waals surface area contributed by atoms with Crippen molar-refractivity contribution in [2.75, 3.05) is 11.1 Å². The molecule has 0 radical (unpaired) electrons. The lowest BCUT2D eigenvalue weighted by Gasteiger charge is -2.08. The second-order valence-corrected chi connectivity index (χ2v) is 10.1. The van der Waals surface area contributed by atoms with E-state index in [1.807, 2.05) is 30.3 Å². The minimum absolute atomic E-state index is 0.00617. The maximum Gasteiger partial charge on any atom is 0.257 e. The molecule has 2 aromatic carbocycles. The summed E-state index contributed by atoms with van der Waals surface area (Å²) in [6.07, 6.45) is 0. The number of hydrogen-bond acceptors (Lipinski definition) is 7. The SMILES string of the molecule is Cc1nc(NC(=O)c2cccc(S(=O)(=O)NCc3ccccc3)c2)sc1SCC#N. The molecule has 0 unspecified atom stereocenters.